The van der Waals surface area contributed by atoms with E-state index in [0.717, 1.165) is 18.4 Å². The summed E-state index contributed by atoms with van der Waals surface area (Å²) in [7, 11) is 0. The molecule has 0 aliphatic carbocycles. The Bertz CT molecular complexity index is 365. The molecule has 0 spiro atoms. The van der Waals surface area contributed by atoms with Crippen LogP contribution in [0, 0.1) is 0 Å². The first-order valence-electron chi connectivity index (χ1n) is 6.71. The summed E-state index contributed by atoms with van der Waals surface area (Å²) in [5.74, 6) is -1.30. The van der Waals surface area contributed by atoms with Gasteiger partial charge in [0.1, 0.15) is 5.60 Å². The third-order valence-corrected chi connectivity index (χ3v) is 2.71. The molecule has 0 radical (unpaired) electrons. The number of ether oxygens (including phenoxy) is 3. The number of carbonyl (C=O) groups excluding carboxylic acids is 1. The lowest BCUT2D eigenvalue weighted by atomic mass is 10.0. The second-order valence-electron chi connectivity index (χ2n) is 5.76. The highest BCUT2D eigenvalue weighted by Gasteiger charge is 2.53. The Labute approximate surface area is 119 Å². The Morgan fingerprint density at radius 3 is 2.55 bits per heavy atom. The molecule has 2 atom stereocenters. The second-order valence-corrected chi connectivity index (χ2v) is 5.76. The van der Waals surface area contributed by atoms with E-state index in [-0.39, 0.29) is 0 Å². The molecular formula is C14H24O6. The van der Waals surface area contributed by atoms with E-state index in [2.05, 4.69) is 6.58 Å². The minimum atomic E-state index is -1.30. The molecule has 0 N–H and O–H groups in total. The van der Waals surface area contributed by atoms with Crippen LogP contribution in [0.3, 0.4) is 0 Å². The standard InChI is InChI=1S/C14H24O6/c1-7-8-13(4,5)17-12(15)18-14(6)11(19-20-14)16-9-10(2)3/h11H,2,7-9H2,1,3-6H3. The van der Waals surface area contributed by atoms with Gasteiger partial charge in [0, 0.05) is 6.92 Å². The van der Waals surface area contributed by atoms with Crippen molar-refractivity contribution in [2.75, 3.05) is 6.61 Å². The van der Waals surface area contributed by atoms with Crippen molar-refractivity contribution >= 4 is 6.16 Å². The van der Waals surface area contributed by atoms with Crippen LogP contribution in [0.4, 0.5) is 4.79 Å². The Hall–Kier alpha value is -1.11. The van der Waals surface area contributed by atoms with E-state index in [1.165, 1.54) is 0 Å². The maximum absolute atomic E-state index is 11.8. The summed E-state index contributed by atoms with van der Waals surface area (Å²) >= 11 is 0. The van der Waals surface area contributed by atoms with Crippen molar-refractivity contribution in [1.82, 2.24) is 0 Å². The first kappa shape index (κ1) is 16.9. The Balaban J connectivity index is 2.46. The Morgan fingerprint density at radius 2 is 2.10 bits per heavy atom. The van der Waals surface area contributed by atoms with E-state index in [1.807, 2.05) is 27.7 Å². The zero-order valence-electron chi connectivity index (χ0n) is 12.9. The van der Waals surface area contributed by atoms with Gasteiger partial charge in [-0.15, -0.1) is 0 Å². The Morgan fingerprint density at radius 1 is 1.45 bits per heavy atom. The number of hydrogen-bond donors (Lipinski definition) is 0. The first-order chi connectivity index (χ1) is 9.18. The fraction of sp³-hybridized carbons (Fsp3) is 0.786. The van der Waals surface area contributed by atoms with Crippen molar-refractivity contribution in [2.24, 2.45) is 0 Å². The maximum atomic E-state index is 11.8. The summed E-state index contributed by atoms with van der Waals surface area (Å²) < 4.78 is 15.7. The van der Waals surface area contributed by atoms with Gasteiger partial charge < -0.3 is 14.2 Å². The van der Waals surface area contributed by atoms with Crippen molar-refractivity contribution in [2.45, 2.75) is 65.1 Å². The molecule has 0 amide bonds. The van der Waals surface area contributed by atoms with Crippen molar-refractivity contribution in [3.63, 3.8) is 0 Å². The lowest BCUT2D eigenvalue weighted by molar-refractivity contribution is -0.601. The van der Waals surface area contributed by atoms with E-state index >= 15 is 0 Å². The van der Waals surface area contributed by atoms with Gasteiger partial charge in [-0.1, -0.05) is 25.5 Å². The summed E-state index contributed by atoms with van der Waals surface area (Å²) in [4.78, 5) is 21.4. The largest absolute Gasteiger partial charge is 0.511 e. The average Bonchev–Trinajstić information content (AvgIpc) is 2.25. The summed E-state index contributed by atoms with van der Waals surface area (Å²) in [6, 6.07) is 0. The molecule has 116 valence electrons. The molecule has 0 aromatic carbocycles. The van der Waals surface area contributed by atoms with E-state index in [0.29, 0.717) is 6.61 Å². The Kier molecular flexibility index (Phi) is 5.56. The molecular weight excluding hydrogens is 264 g/mol. The zero-order valence-corrected chi connectivity index (χ0v) is 12.9. The smallest absolute Gasteiger partial charge is 0.428 e. The van der Waals surface area contributed by atoms with Crippen LogP contribution in [0.15, 0.2) is 12.2 Å². The monoisotopic (exact) mass is 288 g/mol. The molecule has 6 nitrogen and oxygen atoms in total. The zero-order chi connectivity index (χ0) is 15.4. The van der Waals surface area contributed by atoms with Crippen LogP contribution in [0.1, 0.15) is 47.5 Å². The van der Waals surface area contributed by atoms with E-state index in [1.54, 1.807) is 6.92 Å². The molecule has 1 rings (SSSR count). The molecule has 0 saturated carbocycles. The summed E-state index contributed by atoms with van der Waals surface area (Å²) in [5.41, 5.74) is 0.246. The molecule has 1 fully saturated rings. The number of rotatable bonds is 7. The highest BCUT2D eigenvalue weighted by atomic mass is 17.3. The molecule has 20 heavy (non-hydrogen) atoms. The molecule has 1 heterocycles. The number of carbonyl (C=O) groups is 1. The minimum Gasteiger partial charge on any atom is -0.428 e. The van der Waals surface area contributed by atoms with Crippen LogP contribution >= 0.6 is 0 Å². The lowest BCUT2D eigenvalue weighted by Crippen LogP contribution is -2.58. The van der Waals surface area contributed by atoms with Crippen LogP contribution in [0.2, 0.25) is 0 Å². The molecule has 0 aromatic heterocycles. The van der Waals surface area contributed by atoms with Gasteiger partial charge in [0.2, 0.25) is 0 Å². The van der Waals surface area contributed by atoms with Gasteiger partial charge in [-0.25, -0.2) is 4.79 Å². The van der Waals surface area contributed by atoms with Crippen LogP contribution in [-0.4, -0.2) is 30.4 Å². The van der Waals surface area contributed by atoms with E-state index in [4.69, 9.17) is 24.0 Å². The van der Waals surface area contributed by atoms with Crippen LogP contribution < -0.4 is 0 Å². The SMILES string of the molecule is C=C(C)COC1OOC1(C)OC(=O)OC(C)(C)CCC. The summed E-state index contributed by atoms with van der Waals surface area (Å²) in [6.07, 6.45) is 0.0481. The van der Waals surface area contributed by atoms with Crippen LogP contribution in [0.25, 0.3) is 0 Å². The molecule has 0 aromatic rings. The van der Waals surface area contributed by atoms with Gasteiger partial charge in [0.25, 0.3) is 12.1 Å². The number of hydrogen-bond acceptors (Lipinski definition) is 6. The van der Waals surface area contributed by atoms with Crippen LogP contribution in [-0.2, 0) is 24.0 Å². The molecule has 6 heteroatoms. The quantitative estimate of drug-likeness (QED) is 0.407. The van der Waals surface area contributed by atoms with Crippen LogP contribution in [0.5, 0.6) is 0 Å². The van der Waals surface area contributed by atoms with Crippen molar-refractivity contribution in [1.29, 1.82) is 0 Å². The van der Waals surface area contributed by atoms with E-state index in [9.17, 15) is 4.79 Å². The second kappa shape index (κ2) is 6.56. The third kappa shape index (κ3) is 4.77. The minimum absolute atomic E-state index is 0.295. The van der Waals surface area contributed by atoms with Gasteiger partial charge in [0.05, 0.1) is 6.61 Å². The van der Waals surface area contributed by atoms with Gasteiger partial charge in [0.15, 0.2) is 0 Å². The molecule has 1 aliphatic rings. The highest BCUT2D eigenvalue weighted by molar-refractivity contribution is 5.61. The fourth-order valence-electron chi connectivity index (χ4n) is 1.75. The highest BCUT2D eigenvalue weighted by Crippen LogP contribution is 2.33. The first-order valence-corrected chi connectivity index (χ1v) is 6.71. The third-order valence-electron chi connectivity index (χ3n) is 2.71. The van der Waals surface area contributed by atoms with Gasteiger partial charge in [-0.05, 0) is 27.2 Å². The maximum Gasteiger partial charge on any atom is 0.511 e. The van der Waals surface area contributed by atoms with E-state index < -0.39 is 23.8 Å². The van der Waals surface area contributed by atoms with Gasteiger partial charge >= 0.3 is 6.16 Å². The van der Waals surface area contributed by atoms with Crippen molar-refractivity contribution in [3.05, 3.63) is 12.2 Å². The topological polar surface area (TPSA) is 63.2 Å². The molecule has 2 unspecified atom stereocenters. The normalized spacial score (nSPS) is 25.8. The predicted molar refractivity (Wildman–Crippen MR) is 71.7 cm³/mol. The fourth-order valence-corrected chi connectivity index (χ4v) is 1.75. The van der Waals surface area contributed by atoms with Crippen molar-refractivity contribution in [3.8, 4) is 0 Å². The summed E-state index contributed by atoms with van der Waals surface area (Å²) in [5, 5.41) is 0. The average molecular weight is 288 g/mol. The van der Waals surface area contributed by atoms with Crippen molar-refractivity contribution < 1.29 is 28.8 Å². The molecule has 1 saturated heterocycles. The van der Waals surface area contributed by atoms with Gasteiger partial charge in [-0.2, -0.15) is 9.78 Å². The summed E-state index contributed by atoms with van der Waals surface area (Å²) in [6.45, 7) is 13.0. The van der Waals surface area contributed by atoms with Gasteiger partial charge in [-0.3, -0.25) is 0 Å². The molecule has 0 bridgehead atoms. The predicted octanol–water partition coefficient (Wildman–Crippen LogP) is 3.32. The lowest BCUT2D eigenvalue weighted by Gasteiger charge is -2.42. The molecule has 1 aliphatic heterocycles.